The summed E-state index contributed by atoms with van der Waals surface area (Å²) in [5.41, 5.74) is 0. The van der Waals surface area contributed by atoms with Crippen molar-refractivity contribution < 1.29 is 14.3 Å². The number of carbonyl (C=O) groups excluding carboxylic acids is 2. The molecule has 0 bridgehead atoms. The Morgan fingerprint density at radius 2 is 2.32 bits per heavy atom. The Balaban J connectivity index is 1.89. The van der Waals surface area contributed by atoms with Crippen LogP contribution in [0.3, 0.4) is 0 Å². The van der Waals surface area contributed by atoms with Crippen molar-refractivity contribution >= 4 is 28.3 Å². The van der Waals surface area contributed by atoms with Crippen LogP contribution in [0.25, 0.3) is 0 Å². The molecule has 1 aliphatic carbocycles. The Labute approximate surface area is 115 Å². The number of anilines is 1. The van der Waals surface area contributed by atoms with E-state index in [9.17, 15) is 9.59 Å². The number of nitrogens with one attached hydrogen (secondary N) is 1. The van der Waals surface area contributed by atoms with Crippen LogP contribution >= 0.6 is 11.3 Å². The maximum Gasteiger partial charge on any atom is 0.249 e. The SMILES string of the molecule is COCC(=O)N(CC(=O)Nc1ncc(C)s1)C1CC1. The van der Waals surface area contributed by atoms with Gasteiger partial charge in [-0.3, -0.25) is 9.59 Å². The van der Waals surface area contributed by atoms with E-state index in [-0.39, 0.29) is 31.0 Å². The van der Waals surface area contributed by atoms with Crippen molar-refractivity contribution in [3.05, 3.63) is 11.1 Å². The van der Waals surface area contributed by atoms with Gasteiger partial charge in [-0.1, -0.05) is 0 Å². The van der Waals surface area contributed by atoms with Gasteiger partial charge in [-0.15, -0.1) is 11.3 Å². The van der Waals surface area contributed by atoms with E-state index < -0.39 is 0 Å². The number of amides is 2. The van der Waals surface area contributed by atoms with Gasteiger partial charge in [-0.25, -0.2) is 4.98 Å². The minimum Gasteiger partial charge on any atom is -0.375 e. The fourth-order valence-electron chi connectivity index (χ4n) is 1.74. The van der Waals surface area contributed by atoms with Gasteiger partial charge < -0.3 is 15.0 Å². The molecule has 0 aliphatic heterocycles. The average molecular weight is 283 g/mol. The number of thiazole rings is 1. The molecule has 1 aliphatic rings. The topological polar surface area (TPSA) is 71.5 Å². The molecule has 0 aromatic carbocycles. The van der Waals surface area contributed by atoms with Crippen LogP contribution in [0.15, 0.2) is 6.20 Å². The number of nitrogens with zero attached hydrogens (tertiary/aromatic N) is 2. The van der Waals surface area contributed by atoms with E-state index in [4.69, 9.17) is 4.74 Å². The van der Waals surface area contributed by atoms with Crippen LogP contribution in [-0.2, 0) is 14.3 Å². The summed E-state index contributed by atoms with van der Waals surface area (Å²) in [5, 5.41) is 3.27. The maximum atomic E-state index is 11.9. The molecule has 2 amide bonds. The number of hydrogen-bond acceptors (Lipinski definition) is 5. The number of hydrogen-bond donors (Lipinski definition) is 1. The van der Waals surface area contributed by atoms with Crippen LogP contribution in [0, 0.1) is 6.92 Å². The highest BCUT2D eigenvalue weighted by Gasteiger charge is 2.33. The summed E-state index contributed by atoms with van der Waals surface area (Å²) in [4.78, 5) is 30.4. The standard InChI is InChI=1S/C12H17N3O3S/c1-8-5-13-12(19-8)14-10(16)6-15(9-3-4-9)11(17)7-18-2/h5,9H,3-4,6-7H2,1-2H3,(H,13,14,16). The predicted octanol–water partition coefficient (Wildman–Crippen LogP) is 1.03. The quantitative estimate of drug-likeness (QED) is 0.846. The first-order valence-electron chi connectivity index (χ1n) is 6.11. The normalized spacial score (nSPS) is 14.2. The predicted molar refractivity (Wildman–Crippen MR) is 72.1 cm³/mol. The number of methoxy groups -OCH3 is 1. The number of aryl methyl sites for hydroxylation is 1. The highest BCUT2D eigenvalue weighted by atomic mass is 32.1. The average Bonchev–Trinajstić information content (AvgIpc) is 3.11. The molecule has 1 aromatic heterocycles. The van der Waals surface area contributed by atoms with E-state index in [0.29, 0.717) is 5.13 Å². The molecule has 0 radical (unpaired) electrons. The van der Waals surface area contributed by atoms with Crippen molar-refractivity contribution in [3.63, 3.8) is 0 Å². The summed E-state index contributed by atoms with van der Waals surface area (Å²) in [6, 6.07) is 0.187. The lowest BCUT2D eigenvalue weighted by molar-refractivity contribution is -0.138. The van der Waals surface area contributed by atoms with Crippen LogP contribution in [0.4, 0.5) is 5.13 Å². The fraction of sp³-hybridized carbons (Fsp3) is 0.583. The number of carbonyl (C=O) groups is 2. The number of rotatable bonds is 6. The molecule has 1 fully saturated rings. The monoisotopic (exact) mass is 283 g/mol. The molecule has 0 unspecified atom stereocenters. The van der Waals surface area contributed by atoms with Crippen LogP contribution in [0.1, 0.15) is 17.7 Å². The summed E-state index contributed by atoms with van der Waals surface area (Å²) >= 11 is 1.41. The molecule has 2 rings (SSSR count). The third-order valence-corrected chi connectivity index (χ3v) is 3.59. The maximum absolute atomic E-state index is 11.9. The van der Waals surface area contributed by atoms with E-state index in [1.54, 1.807) is 11.1 Å². The summed E-state index contributed by atoms with van der Waals surface area (Å²) in [7, 11) is 1.47. The molecule has 0 saturated heterocycles. The van der Waals surface area contributed by atoms with Gasteiger partial charge in [-0.05, 0) is 19.8 Å². The van der Waals surface area contributed by atoms with Gasteiger partial charge in [0, 0.05) is 24.2 Å². The molecule has 104 valence electrons. The highest BCUT2D eigenvalue weighted by molar-refractivity contribution is 7.15. The second-order valence-corrected chi connectivity index (χ2v) is 5.74. The third-order valence-electron chi connectivity index (χ3n) is 2.76. The number of aromatic nitrogens is 1. The van der Waals surface area contributed by atoms with Crippen molar-refractivity contribution in [1.82, 2.24) is 9.88 Å². The van der Waals surface area contributed by atoms with Gasteiger partial charge in [0.15, 0.2) is 5.13 Å². The zero-order chi connectivity index (χ0) is 13.8. The van der Waals surface area contributed by atoms with Crippen LogP contribution < -0.4 is 5.32 Å². The summed E-state index contributed by atoms with van der Waals surface area (Å²) in [6.45, 7) is 2.00. The molecule has 1 aromatic rings. The molecule has 1 heterocycles. The second kappa shape index (κ2) is 6.12. The molecule has 1 saturated carbocycles. The van der Waals surface area contributed by atoms with E-state index in [1.165, 1.54) is 18.4 Å². The first kappa shape index (κ1) is 14.0. The van der Waals surface area contributed by atoms with E-state index >= 15 is 0 Å². The lowest BCUT2D eigenvalue weighted by atomic mass is 10.4. The summed E-state index contributed by atoms with van der Waals surface area (Å²) < 4.78 is 4.83. The van der Waals surface area contributed by atoms with Crippen molar-refractivity contribution in [2.45, 2.75) is 25.8 Å². The van der Waals surface area contributed by atoms with Gasteiger partial charge >= 0.3 is 0 Å². The van der Waals surface area contributed by atoms with Crippen LogP contribution in [0.2, 0.25) is 0 Å². The van der Waals surface area contributed by atoms with Crippen molar-refractivity contribution in [2.75, 3.05) is 25.6 Å². The smallest absolute Gasteiger partial charge is 0.249 e. The lowest BCUT2D eigenvalue weighted by Gasteiger charge is -2.21. The summed E-state index contributed by atoms with van der Waals surface area (Å²) in [5.74, 6) is -0.360. The first-order valence-corrected chi connectivity index (χ1v) is 6.92. The number of ether oxygens (including phenoxy) is 1. The minimum atomic E-state index is -0.217. The molecule has 19 heavy (non-hydrogen) atoms. The van der Waals surface area contributed by atoms with Gasteiger partial charge in [-0.2, -0.15) is 0 Å². The molecule has 1 N–H and O–H groups in total. The van der Waals surface area contributed by atoms with E-state index in [1.807, 2.05) is 6.92 Å². The lowest BCUT2D eigenvalue weighted by Crippen LogP contribution is -2.41. The Kier molecular flexibility index (Phi) is 4.49. The molecule has 6 nitrogen and oxygen atoms in total. The zero-order valence-electron chi connectivity index (χ0n) is 11.0. The molecule has 7 heteroatoms. The largest absolute Gasteiger partial charge is 0.375 e. The van der Waals surface area contributed by atoms with Crippen LogP contribution in [0.5, 0.6) is 0 Å². The van der Waals surface area contributed by atoms with E-state index in [2.05, 4.69) is 10.3 Å². The second-order valence-electron chi connectivity index (χ2n) is 4.51. The van der Waals surface area contributed by atoms with Crippen molar-refractivity contribution in [3.8, 4) is 0 Å². The Hall–Kier alpha value is -1.47. The first-order chi connectivity index (χ1) is 9.10. The van der Waals surface area contributed by atoms with Crippen molar-refractivity contribution in [1.29, 1.82) is 0 Å². The van der Waals surface area contributed by atoms with Crippen LogP contribution in [-0.4, -0.2) is 48.0 Å². The zero-order valence-corrected chi connectivity index (χ0v) is 11.8. The van der Waals surface area contributed by atoms with Gasteiger partial charge in [0.25, 0.3) is 0 Å². The summed E-state index contributed by atoms with van der Waals surface area (Å²) in [6.07, 6.45) is 3.62. The molecule has 0 atom stereocenters. The molecular weight excluding hydrogens is 266 g/mol. The Bertz CT molecular complexity index is 471. The van der Waals surface area contributed by atoms with Crippen molar-refractivity contribution in [2.24, 2.45) is 0 Å². The highest BCUT2D eigenvalue weighted by Crippen LogP contribution is 2.27. The minimum absolute atomic E-state index is 0.0140. The molecular formula is C12H17N3O3S. The molecule has 0 spiro atoms. The Morgan fingerprint density at radius 1 is 1.58 bits per heavy atom. The third kappa shape index (κ3) is 4.00. The van der Waals surface area contributed by atoms with Gasteiger partial charge in [0.05, 0.1) is 0 Å². The van der Waals surface area contributed by atoms with E-state index in [0.717, 1.165) is 17.7 Å². The van der Waals surface area contributed by atoms with Gasteiger partial charge in [0.2, 0.25) is 11.8 Å². The fourth-order valence-corrected chi connectivity index (χ4v) is 2.42. The Morgan fingerprint density at radius 3 is 2.84 bits per heavy atom. The van der Waals surface area contributed by atoms with Gasteiger partial charge in [0.1, 0.15) is 13.2 Å².